The van der Waals surface area contributed by atoms with Gasteiger partial charge in [0.2, 0.25) is 0 Å². The number of rotatable bonds is 7. The van der Waals surface area contributed by atoms with Gasteiger partial charge in [-0.25, -0.2) is 14.6 Å². The van der Waals surface area contributed by atoms with Gasteiger partial charge in [-0.15, -0.1) is 0 Å². The van der Waals surface area contributed by atoms with Crippen molar-refractivity contribution in [2.24, 2.45) is 5.92 Å². The van der Waals surface area contributed by atoms with Crippen LogP contribution in [0.15, 0.2) is 12.3 Å². The second-order valence-electron chi connectivity index (χ2n) is 14.3. The smallest absolute Gasteiger partial charge is 0.410 e. The highest BCUT2D eigenvalue weighted by atomic mass is 16.6. The molecule has 0 aliphatic carbocycles. The van der Waals surface area contributed by atoms with Crippen LogP contribution in [0.4, 0.5) is 21.2 Å². The van der Waals surface area contributed by atoms with Crippen molar-refractivity contribution in [2.45, 2.75) is 115 Å². The molecular weight excluding hydrogens is 562 g/mol. The Bertz CT molecular complexity index is 1320. The van der Waals surface area contributed by atoms with E-state index in [1.807, 2.05) is 36.4 Å². The lowest BCUT2D eigenvalue weighted by Gasteiger charge is -2.38. The van der Waals surface area contributed by atoms with Crippen molar-refractivity contribution in [2.75, 3.05) is 43.5 Å². The summed E-state index contributed by atoms with van der Waals surface area (Å²) in [5, 5.41) is 12.0. The zero-order chi connectivity index (χ0) is 31.0. The lowest BCUT2D eigenvalue weighted by atomic mass is 9.91. The number of likely N-dealkylation sites (tertiary alicyclic amines) is 1. The molecule has 2 amide bonds. The molecule has 44 heavy (non-hydrogen) atoms. The standard InChI is InChI=1S/C32H49N7O5/c1-20(2)26-18-34-39-28(16-27(36-29(26)39)35-22-9-12-42-13-10-22)33-17-21-14-23-6-7-24(15-21)38(23)31(41)43-25-8-11-37(19-25)30(40)44-32(3,4)5/h16,18,20-25,33H,6-15,17,19H2,1-5H3,(H,35,36). The maximum atomic E-state index is 13.3. The van der Waals surface area contributed by atoms with Crippen LogP contribution in [0.3, 0.4) is 0 Å². The highest BCUT2D eigenvalue weighted by molar-refractivity contribution is 5.71. The molecule has 242 valence electrons. The minimum atomic E-state index is -0.549. The minimum Gasteiger partial charge on any atom is -0.444 e. The van der Waals surface area contributed by atoms with E-state index in [4.69, 9.17) is 24.3 Å². The number of carbonyl (C=O) groups is 2. The van der Waals surface area contributed by atoms with Gasteiger partial charge in [-0.2, -0.15) is 9.61 Å². The molecule has 2 bridgehead atoms. The predicted octanol–water partition coefficient (Wildman–Crippen LogP) is 5.24. The molecule has 4 aliphatic heterocycles. The molecule has 4 fully saturated rings. The molecule has 12 heteroatoms. The summed E-state index contributed by atoms with van der Waals surface area (Å²) < 4.78 is 18.9. The van der Waals surface area contributed by atoms with Crippen LogP contribution in [-0.4, -0.2) is 99.3 Å². The number of fused-ring (bicyclic) bond motifs is 3. The normalized spacial score (nSPS) is 26.0. The van der Waals surface area contributed by atoms with Gasteiger partial charge in [0, 0.05) is 62.5 Å². The Morgan fingerprint density at radius 2 is 1.80 bits per heavy atom. The predicted molar refractivity (Wildman–Crippen MR) is 167 cm³/mol. The summed E-state index contributed by atoms with van der Waals surface area (Å²) in [6.45, 7) is 13.2. The van der Waals surface area contributed by atoms with Crippen LogP contribution >= 0.6 is 0 Å². The van der Waals surface area contributed by atoms with E-state index < -0.39 is 5.60 Å². The maximum Gasteiger partial charge on any atom is 0.410 e. The molecule has 4 aliphatic rings. The molecule has 6 heterocycles. The summed E-state index contributed by atoms with van der Waals surface area (Å²) in [7, 11) is 0. The Morgan fingerprint density at radius 3 is 2.48 bits per heavy atom. The van der Waals surface area contributed by atoms with Gasteiger partial charge in [-0.05, 0) is 71.1 Å². The molecule has 2 N–H and O–H groups in total. The van der Waals surface area contributed by atoms with E-state index >= 15 is 0 Å². The van der Waals surface area contributed by atoms with Crippen molar-refractivity contribution in [3.8, 4) is 0 Å². The van der Waals surface area contributed by atoms with E-state index in [2.05, 4.69) is 30.5 Å². The number of aromatic nitrogens is 3. The van der Waals surface area contributed by atoms with Gasteiger partial charge in [-0.3, -0.25) is 0 Å². The third-order valence-electron chi connectivity index (χ3n) is 9.37. The largest absolute Gasteiger partial charge is 0.444 e. The van der Waals surface area contributed by atoms with Crippen molar-refractivity contribution in [1.82, 2.24) is 24.4 Å². The number of carbonyl (C=O) groups excluding carboxylic acids is 2. The van der Waals surface area contributed by atoms with Gasteiger partial charge in [-0.1, -0.05) is 13.8 Å². The number of nitrogens with zero attached hydrogens (tertiary/aromatic N) is 5. The number of anilines is 2. The van der Waals surface area contributed by atoms with Crippen molar-refractivity contribution >= 4 is 29.5 Å². The van der Waals surface area contributed by atoms with Gasteiger partial charge in [0.1, 0.15) is 23.3 Å². The average Bonchev–Trinajstić information content (AvgIpc) is 3.68. The Labute approximate surface area is 260 Å². The van der Waals surface area contributed by atoms with Crippen LogP contribution in [0.25, 0.3) is 5.65 Å². The molecule has 0 radical (unpaired) electrons. The lowest BCUT2D eigenvalue weighted by Crippen LogP contribution is -2.48. The van der Waals surface area contributed by atoms with Gasteiger partial charge < -0.3 is 34.6 Å². The summed E-state index contributed by atoms with van der Waals surface area (Å²) in [4.78, 5) is 34.4. The first-order valence-electron chi connectivity index (χ1n) is 16.5. The fraction of sp³-hybridized carbons (Fsp3) is 0.750. The minimum absolute atomic E-state index is 0.178. The van der Waals surface area contributed by atoms with E-state index in [1.54, 1.807) is 4.90 Å². The molecule has 3 unspecified atom stereocenters. The summed E-state index contributed by atoms with van der Waals surface area (Å²) in [6.07, 6.45) is 7.50. The van der Waals surface area contributed by atoms with Crippen LogP contribution in [-0.2, 0) is 14.2 Å². The summed E-state index contributed by atoms with van der Waals surface area (Å²) in [5.74, 6) is 2.54. The van der Waals surface area contributed by atoms with E-state index in [1.165, 1.54) is 0 Å². The number of piperidine rings is 1. The molecule has 4 saturated heterocycles. The van der Waals surface area contributed by atoms with Gasteiger partial charge in [0.05, 0.1) is 12.7 Å². The van der Waals surface area contributed by atoms with E-state index in [9.17, 15) is 9.59 Å². The van der Waals surface area contributed by atoms with Crippen LogP contribution in [0.1, 0.15) is 91.0 Å². The van der Waals surface area contributed by atoms with Crippen molar-refractivity contribution in [1.29, 1.82) is 0 Å². The Balaban J connectivity index is 1.06. The van der Waals surface area contributed by atoms with Crippen LogP contribution in [0.2, 0.25) is 0 Å². The van der Waals surface area contributed by atoms with Crippen LogP contribution < -0.4 is 10.6 Å². The molecule has 2 aromatic rings. The monoisotopic (exact) mass is 611 g/mol. The lowest BCUT2D eigenvalue weighted by molar-refractivity contribution is 0.0187. The molecule has 12 nitrogen and oxygen atoms in total. The molecule has 2 aromatic heterocycles. The molecule has 0 aromatic carbocycles. The zero-order valence-electron chi connectivity index (χ0n) is 26.9. The Kier molecular flexibility index (Phi) is 8.81. The van der Waals surface area contributed by atoms with Crippen molar-refractivity contribution < 1.29 is 23.8 Å². The van der Waals surface area contributed by atoms with Crippen LogP contribution in [0, 0.1) is 5.92 Å². The first-order chi connectivity index (χ1) is 21.0. The van der Waals surface area contributed by atoms with Crippen molar-refractivity contribution in [3.63, 3.8) is 0 Å². The molecule has 6 rings (SSSR count). The SMILES string of the molecule is CC(C)c1cnn2c(NCC3CC4CCC(C3)N4C(=O)OC3CCN(C(=O)OC(C)(C)C)C3)cc(NC3CCOCC3)nc12. The summed E-state index contributed by atoms with van der Waals surface area (Å²) >= 11 is 0. The summed E-state index contributed by atoms with van der Waals surface area (Å²) in [6, 6.07) is 2.78. The molecule has 0 saturated carbocycles. The second kappa shape index (κ2) is 12.6. The van der Waals surface area contributed by atoms with Gasteiger partial charge in [0.15, 0.2) is 5.65 Å². The van der Waals surface area contributed by atoms with Crippen molar-refractivity contribution in [3.05, 3.63) is 17.8 Å². The zero-order valence-corrected chi connectivity index (χ0v) is 26.9. The van der Waals surface area contributed by atoms with Gasteiger partial charge >= 0.3 is 12.2 Å². The fourth-order valence-corrected chi connectivity index (χ4v) is 7.16. The van der Waals surface area contributed by atoms with E-state index in [-0.39, 0.29) is 30.4 Å². The number of nitrogens with one attached hydrogen (secondary N) is 2. The second-order valence-corrected chi connectivity index (χ2v) is 14.3. The third kappa shape index (κ3) is 6.84. The quantitative estimate of drug-likeness (QED) is 0.433. The number of ether oxygens (including phenoxy) is 3. The Hall–Kier alpha value is -3.28. The molecular formula is C32H49N7O5. The Morgan fingerprint density at radius 1 is 1.07 bits per heavy atom. The van der Waals surface area contributed by atoms with Crippen LogP contribution in [0.5, 0.6) is 0 Å². The highest BCUT2D eigenvalue weighted by Crippen LogP contribution is 2.39. The van der Waals surface area contributed by atoms with E-state index in [0.29, 0.717) is 37.4 Å². The third-order valence-corrected chi connectivity index (χ3v) is 9.37. The van der Waals surface area contributed by atoms with Gasteiger partial charge in [0.25, 0.3) is 0 Å². The summed E-state index contributed by atoms with van der Waals surface area (Å²) in [5.41, 5.74) is 1.46. The average molecular weight is 612 g/mol. The molecule has 0 spiro atoms. The van der Waals surface area contributed by atoms with E-state index in [0.717, 1.165) is 81.1 Å². The first kappa shape index (κ1) is 30.7. The number of amides is 2. The number of hydrogen-bond donors (Lipinski definition) is 2. The highest BCUT2D eigenvalue weighted by Gasteiger charge is 2.45. The maximum absolute atomic E-state index is 13.3. The topological polar surface area (TPSA) is 123 Å². The molecule has 3 atom stereocenters. The number of hydrogen-bond acceptors (Lipinski definition) is 9. The fourth-order valence-electron chi connectivity index (χ4n) is 7.16. The first-order valence-corrected chi connectivity index (χ1v) is 16.5.